The number of sulfonamides is 1. The molecule has 0 spiro atoms. The van der Waals surface area contributed by atoms with Crippen molar-refractivity contribution in [3.05, 3.63) is 65.2 Å². The molecule has 0 saturated carbocycles. The number of benzene rings is 2. The zero-order valence-electron chi connectivity index (χ0n) is 17.1. The maximum absolute atomic E-state index is 12.8. The van der Waals surface area contributed by atoms with Crippen LogP contribution in [-0.2, 0) is 10.0 Å². The monoisotopic (exact) mass is 444 g/mol. The van der Waals surface area contributed by atoms with Crippen molar-refractivity contribution >= 4 is 38.1 Å². The highest BCUT2D eigenvalue weighted by molar-refractivity contribution is 7.92. The molecule has 7 nitrogen and oxygen atoms in total. The number of para-hydroxylation sites is 1. The fourth-order valence-electron chi connectivity index (χ4n) is 2.97. The largest absolute Gasteiger partial charge is 0.296 e. The summed E-state index contributed by atoms with van der Waals surface area (Å²) in [6, 6.07) is 14.7. The van der Waals surface area contributed by atoms with E-state index >= 15 is 0 Å². The Morgan fingerprint density at radius 2 is 1.67 bits per heavy atom. The summed E-state index contributed by atoms with van der Waals surface area (Å²) in [7, 11) is -2.23. The zero-order chi connectivity index (χ0) is 21.7. The second kappa shape index (κ2) is 9.36. The number of amides is 1. The number of hydrogen-bond acceptors (Lipinski definition) is 6. The summed E-state index contributed by atoms with van der Waals surface area (Å²) in [6.45, 7) is 4.19. The third-order valence-corrected chi connectivity index (χ3v) is 7.69. The Morgan fingerprint density at radius 3 is 2.27 bits per heavy atom. The molecule has 9 heteroatoms. The smallest absolute Gasteiger partial charge is 0.264 e. The van der Waals surface area contributed by atoms with E-state index in [1.165, 1.54) is 47.0 Å². The van der Waals surface area contributed by atoms with Gasteiger partial charge in [-0.15, -0.1) is 10.2 Å². The van der Waals surface area contributed by atoms with Gasteiger partial charge in [0.15, 0.2) is 0 Å². The zero-order valence-corrected chi connectivity index (χ0v) is 18.7. The van der Waals surface area contributed by atoms with Crippen LogP contribution in [0.5, 0.6) is 0 Å². The van der Waals surface area contributed by atoms with Gasteiger partial charge in [0.25, 0.3) is 15.9 Å². The lowest BCUT2D eigenvalue weighted by atomic mass is 10.1. The number of rotatable bonds is 8. The molecule has 0 radical (unpaired) electrons. The molecule has 0 aliphatic carbocycles. The molecule has 0 unspecified atom stereocenters. The van der Waals surface area contributed by atoms with E-state index in [9.17, 15) is 13.2 Å². The van der Waals surface area contributed by atoms with E-state index in [0.717, 1.165) is 17.8 Å². The lowest BCUT2D eigenvalue weighted by Gasteiger charge is -2.19. The minimum atomic E-state index is -3.72. The maximum atomic E-state index is 12.8. The lowest BCUT2D eigenvalue weighted by Crippen LogP contribution is -2.26. The van der Waals surface area contributed by atoms with Crippen molar-refractivity contribution in [1.82, 2.24) is 10.2 Å². The molecule has 2 aromatic carbocycles. The van der Waals surface area contributed by atoms with Crippen molar-refractivity contribution in [3.63, 3.8) is 0 Å². The van der Waals surface area contributed by atoms with Gasteiger partial charge in [0, 0.05) is 18.5 Å². The minimum Gasteiger partial charge on any atom is -0.296 e. The van der Waals surface area contributed by atoms with Crippen LogP contribution in [0, 0.1) is 0 Å². The van der Waals surface area contributed by atoms with Crippen LogP contribution in [0.1, 0.15) is 48.0 Å². The Morgan fingerprint density at radius 1 is 1.03 bits per heavy atom. The topological polar surface area (TPSA) is 92.3 Å². The molecule has 1 aromatic heterocycles. The fraction of sp³-hybridized carbons (Fsp3) is 0.286. The van der Waals surface area contributed by atoms with E-state index in [4.69, 9.17) is 0 Å². The first-order chi connectivity index (χ1) is 14.4. The van der Waals surface area contributed by atoms with Crippen LogP contribution in [-0.4, -0.2) is 31.6 Å². The molecule has 0 atom stereocenters. The molecule has 0 fully saturated rings. The summed E-state index contributed by atoms with van der Waals surface area (Å²) in [5.41, 5.74) is 0.902. The number of nitrogens with zero attached hydrogens (tertiary/aromatic N) is 3. The van der Waals surface area contributed by atoms with Gasteiger partial charge in [-0.25, -0.2) is 8.42 Å². The van der Waals surface area contributed by atoms with E-state index in [1.807, 2.05) is 6.07 Å². The van der Waals surface area contributed by atoms with E-state index in [1.54, 1.807) is 24.3 Å². The van der Waals surface area contributed by atoms with E-state index < -0.39 is 10.0 Å². The molecule has 0 aliphatic heterocycles. The summed E-state index contributed by atoms with van der Waals surface area (Å²) in [5, 5.41) is 12.3. The van der Waals surface area contributed by atoms with Gasteiger partial charge in [-0.3, -0.25) is 14.4 Å². The summed E-state index contributed by atoms with van der Waals surface area (Å²) in [6.07, 6.45) is 1.93. The number of anilines is 2. The Hall–Kier alpha value is -2.78. The van der Waals surface area contributed by atoms with Crippen LogP contribution in [0.4, 0.5) is 10.8 Å². The maximum Gasteiger partial charge on any atom is 0.264 e. The van der Waals surface area contributed by atoms with Crippen molar-refractivity contribution in [1.29, 1.82) is 0 Å². The number of aromatic nitrogens is 2. The van der Waals surface area contributed by atoms with E-state index in [-0.39, 0.29) is 10.8 Å². The van der Waals surface area contributed by atoms with Crippen LogP contribution in [0.25, 0.3) is 0 Å². The molecular weight excluding hydrogens is 420 g/mol. The van der Waals surface area contributed by atoms with Gasteiger partial charge in [-0.05, 0) is 49.2 Å². The van der Waals surface area contributed by atoms with Gasteiger partial charge in [-0.2, -0.15) is 0 Å². The molecular formula is C21H24N4O3S2. The van der Waals surface area contributed by atoms with Gasteiger partial charge >= 0.3 is 0 Å². The van der Waals surface area contributed by atoms with Crippen molar-refractivity contribution in [3.8, 4) is 0 Å². The fourth-order valence-corrected chi connectivity index (χ4v) is 5.17. The quantitative estimate of drug-likeness (QED) is 0.551. The number of carbonyl (C=O) groups excluding carboxylic acids is 1. The van der Waals surface area contributed by atoms with Gasteiger partial charge < -0.3 is 0 Å². The highest BCUT2D eigenvalue weighted by atomic mass is 32.2. The van der Waals surface area contributed by atoms with Crippen molar-refractivity contribution in [2.24, 2.45) is 0 Å². The normalized spacial score (nSPS) is 11.5. The molecule has 1 N–H and O–H groups in total. The first-order valence-corrected chi connectivity index (χ1v) is 11.9. The summed E-state index contributed by atoms with van der Waals surface area (Å²) < 4.78 is 26.9. The van der Waals surface area contributed by atoms with Crippen LogP contribution >= 0.6 is 11.3 Å². The van der Waals surface area contributed by atoms with Gasteiger partial charge in [-0.1, -0.05) is 43.4 Å². The first kappa shape index (κ1) is 21.9. The number of nitrogens with one attached hydrogen (secondary N) is 1. The molecule has 1 amide bonds. The average molecular weight is 445 g/mol. The van der Waals surface area contributed by atoms with Gasteiger partial charge in [0.2, 0.25) is 5.13 Å². The molecule has 0 bridgehead atoms. The Balaban J connectivity index is 1.73. The number of carbonyl (C=O) groups is 1. The Bertz CT molecular complexity index is 1090. The summed E-state index contributed by atoms with van der Waals surface area (Å²) in [4.78, 5) is 12.6. The standard InChI is InChI=1S/C21H24N4O3S2/c1-4-15(5-2)20-23-24-21(29-20)22-19(26)16-11-13-18(14-12-16)30(27,28)25(3)17-9-7-6-8-10-17/h6-15H,4-5H2,1-3H3,(H,22,24,26). The minimum absolute atomic E-state index is 0.109. The second-order valence-corrected chi connectivity index (χ2v) is 9.72. The molecule has 3 rings (SSSR count). The third-order valence-electron chi connectivity index (χ3n) is 4.89. The van der Waals surface area contributed by atoms with Crippen molar-refractivity contribution in [2.75, 3.05) is 16.7 Å². The van der Waals surface area contributed by atoms with Crippen LogP contribution in [0.3, 0.4) is 0 Å². The molecule has 0 aliphatic rings. The Labute approximate surface area is 180 Å². The molecule has 0 saturated heterocycles. The SMILES string of the molecule is CCC(CC)c1nnc(NC(=O)c2ccc(S(=O)(=O)N(C)c3ccccc3)cc2)s1. The second-order valence-electron chi connectivity index (χ2n) is 6.75. The molecule has 1 heterocycles. The predicted octanol–water partition coefficient (Wildman–Crippen LogP) is 4.52. The summed E-state index contributed by atoms with van der Waals surface area (Å²) >= 11 is 1.37. The molecule has 3 aromatic rings. The van der Waals surface area contributed by atoms with Crippen molar-refractivity contribution in [2.45, 2.75) is 37.5 Å². The van der Waals surface area contributed by atoms with Gasteiger partial charge in [0.1, 0.15) is 5.01 Å². The van der Waals surface area contributed by atoms with Gasteiger partial charge in [0.05, 0.1) is 10.6 Å². The summed E-state index contributed by atoms with van der Waals surface area (Å²) in [5.74, 6) is -0.0261. The van der Waals surface area contributed by atoms with Crippen LogP contribution < -0.4 is 9.62 Å². The third kappa shape index (κ3) is 4.68. The van der Waals surface area contributed by atoms with Crippen LogP contribution in [0.2, 0.25) is 0 Å². The molecule has 30 heavy (non-hydrogen) atoms. The lowest BCUT2D eigenvalue weighted by molar-refractivity contribution is 0.102. The van der Waals surface area contributed by atoms with E-state index in [2.05, 4.69) is 29.4 Å². The average Bonchev–Trinajstić information content (AvgIpc) is 3.23. The van der Waals surface area contributed by atoms with Crippen LogP contribution in [0.15, 0.2) is 59.5 Å². The first-order valence-electron chi connectivity index (χ1n) is 9.65. The predicted molar refractivity (Wildman–Crippen MR) is 120 cm³/mol. The molecule has 158 valence electrons. The van der Waals surface area contributed by atoms with E-state index in [0.29, 0.717) is 22.3 Å². The highest BCUT2D eigenvalue weighted by Gasteiger charge is 2.22. The Kier molecular flexibility index (Phi) is 6.84. The highest BCUT2D eigenvalue weighted by Crippen LogP contribution is 2.28. The van der Waals surface area contributed by atoms with Crippen molar-refractivity contribution < 1.29 is 13.2 Å². The number of hydrogen-bond donors (Lipinski definition) is 1.